The molecule has 0 aromatic heterocycles. The summed E-state index contributed by atoms with van der Waals surface area (Å²) < 4.78 is 5.52. The Morgan fingerprint density at radius 1 is 1.53 bits per heavy atom. The summed E-state index contributed by atoms with van der Waals surface area (Å²) in [6.45, 7) is 6.24. The van der Waals surface area contributed by atoms with E-state index in [1.165, 1.54) is 0 Å². The van der Waals surface area contributed by atoms with E-state index >= 15 is 0 Å². The Hall–Kier alpha value is -1.28. The lowest BCUT2D eigenvalue weighted by Crippen LogP contribution is -2.05. The van der Waals surface area contributed by atoms with Gasteiger partial charge in [0.2, 0.25) is 0 Å². The fraction of sp³-hybridized carbons (Fsp3) is 0.385. The molecule has 0 atom stereocenters. The summed E-state index contributed by atoms with van der Waals surface area (Å²) in [6.07, 6.45) is 1.72. The highest BCUT2D eigenvalue weighted by Gasteiger charge is 2.42. The number of hydrogen-bond donors (Lipinski definition) is 1. The zero-order chi connectivity index (χ0) is 10.9. The van der Waals surface area contributed by atoms with E-state index in [4.69, 9.17) is 4.74 Å². The van der Waals surface area contributed by atoms with E-state index in [-0.39, 0.29) is 0 Å². The number of rotatable bonds is 4. The van der Waals surface area contributed by atoms with Crippen molar-refractivity contribution in [2.24, 2.45) is 0 Å². The summed E-state index contributed by atoms with van der Waals surface area (Å²) >= 11 is 0. The molecule has 1 aliphatic rings. The van der Waals surface area contributed by atoms with Gasteiger partial charge in [-0.2, -0.15) is 0 Å². The Labute approximate surface area is 90.2 Å². The zero-order valence-electron chi connectivity index (χ0n) is 8.99. The molecule has 0 bridgehead atoms. The Morgan fingerprint density at radius 2 is 2.27 bits per heavy atom. The highest BCUT2D eigenvalue weighted by Crippen LogP contribution is 2.45. The fourth-order valence-corrected chi connectivity index (χ4v) is 1.49. The molecular weight excluding hydrogens is 188 g/mol. The van der Waals surface area contributed by atoms with Gasteiger partial charge in [0.25, 0.3) is 0 Å². The maximum absolute atomic E-state index is 9.93. The van der Waals surface area contributed by atoms with E-state index in [1.807, 2.05) is 31.2 Å². The molecule has 0 aliphatic heterocycles. The molecule has 15 heavy (non-hydrogen) atoms. The molecule has 1 saturated carbocycles. The molecule has 80 valence electrons. The van der Waals surface area contributed by atoms with Crippen LogP contribution in [0.4, 0.5) is 0 Å². The van der Waals surface area contributed by atoms with Gasteiger partial charge in [0, 0.05) is 0 Å². The van der Waals surface area contributed by atoms with Gasteiger partial charge in [0.1, 0.15) is 12.4 Å². The predicted molar refractivity (Wildman–Crippen MR) is 59.9 cm³/mol. The topological polar surface area (TPSA) is 29.5 Å². The maximum Gasteiger partial charge on any atom is 0.120 e. The van der Waals surface area contributed by atoms with Crippen LogP contribution in [0.25, 0.3) is 0 Å². The Balaban J connectivity index is 2.09. The molecule has 0 radical (unpaired) electrons. The maximum atomic E-state index is 9.93. The first-order chi connectivity index (χ1) is 7.10. The largest absolute Gasteiger partial charge is 0.489 e. The van der Waals surface area contributed by atoms with Crippen LogP contribution in [0.1, 0.15) is 25.3 Å². The molecule has 0 heterocycles. The standard InChI is InChI=1S/C13H16O2/c1-10(2)9-15-12-5-3-4-11(8-12)13(14)6-7-13/h3-5,8,14H,1,6-7,9H2,2H3. The number of benzene rings is 1. The molecule has 1 fully saturated rings. The van der Waals surface area contributed by atoms with Crippen molar-refractivity contribution in [1.82, 2.24) is 0 Å². The van der Waals surface area contributed by atoms with Crippen molar-refractivity contribution in [2.75, 3.05) is 6.61 Å². The normalized spacial score (nSPS) is 17.2. The molecule has 0 saturated heterocycles. The average Bonchev–Trinajstić information content (AvgIpc) is 2.95. The van der Waals surface area contributed by atoms with Crippen molar-refractivity contribution < 1.29 is 9.84 Å². The van der Waals surface area contributed by atoms with Crippen LogP contribution in [0.2, 0.25) is 0 Å². The Kier molecular flexibility index (Phi) is 2.53. The van der Waals surface area contributed by atoms with Crippen LogP contribution in [0.15, 0.2) is 36.4 Å². The quantitative estimate of drug-likeness (QED) is 0.764. The first kappa shape index (κ1) is 10.2. The molecule has 2 rings (SSSR count). The SMILES string of the molecule is C=C(C)COc1cccc(C2(O)CC2)c1. The van der Waals surface area contributed by atoms with E-state index in [0.29, 0.717) is 6.61 Å². The van der Waals surface area contributed by atoms with Crippen LogP contribution in [-0.2, 0) is 5.60 Å². The van der Waals surface area contributed by atoms with Gasteiger partial charge >= 0.3 is 0 Å². The van der Waals surface area contributed by atoms with Crippen LogP contribution in [0, 0.1) is 0 Å². The van der Waals surface area contributed by atoms with E-state index in [2.05, 4.69) is 6.58 Å². The molecule has 1 N–H and O–H groups in total. The Bertz CT molecular complexity index is 378. The van der Waals surface area contributed by atoms with Gasteiger partial charge in [-0.15, -0.1) is 0 Å². The van der Waals surface area contributed by atoms with Gasteiger partial charge in [-0.25, -0.2) is 0 Å². The molecule has 2 nitrogen and oxygen atoms in total. The predicted octanol–water partition coefficient (Wildman–Crippen LogP) is 2.62. The smallest absolute Gasteiger partial charge is 0.120 e. The van der Waals surface area contributed by atoms with Crippen LogP contribution in [-0.4, -0.2) is 11.7 Å². The molecule has 1 aromatic carbocycles. The minimum Gasteiger partial charge on any atom is -0.489 e. The molecule has 0 spiro atoms. The van der Waals surface area contributed by atoms with Crippen molar-refractivity contribution in [1.29, 1.82) is 0 Å². The van der Waals surface area contributed by atoms with Gasteiger partial charge in [0.15, 0.2) is 0 Å². The van der Waals surface area contributed by atoms with Gasteiger partial charge in [0.05, 0.1) is 5.60 Å². The highest BCUT2D eigenvalue weighted by atomic mass is 16.5. The zero-order valence-corrected chi connectivity index (χ0v) is 8.99. The second kappa shape index (κ2) is 3.70. The second-order valence-corrected chi connectivity index (χ2v) is 4.31. The summed E-state index contributed by atoms with van der Waals surface area (Å²) in [5, 5.41) is 9.93. The van der Waals surface area contributed by atoms with Crippen LogP contribution >= 0.6 is 0 Å². The first-order valence-electron chi connectivity index (χ1n) is 5.20. The second-order valence-electron chi connectivity index (χ2n) is 4.31. The molecule has 1 aromatic rings. The summed E-state index contributed by atoms with van der Waals surface area (Å²) in [6, 6.07) is 7.67. The molecule has 0 unspecified atom stereocenters. The van der Waals surface area contributed by atoms with E-state index in [1.54, 1.807) is 0 Å². The van der Waals surface area contributed by atoms with Crippen molar-refractivity contribution >= 4 is 0 Å². The van der Waals surface area contributed by atoms with Crippen molar-refractivity contribution in [3.8, 4) is 5.75 Å². The summed E-state index contributed by atoms with van der Waals surface area (Å²) in [5.74, 6) is 0.802. The minimum atomic E-state index is -0.581. The lowest BCUT2D eigenvalue weighted by atomic mass is 10.1. The van der Waals surface area contributed by atoms with E-state index in [9.17, 15) is 5.11 Å². The average molecular weight is 204 g/mol. The molecular formula is C13H16O2. The first-order valence-corrected chi connectivity index (χ1v) is 5.20. The summed E-state index contributed by atoms with van der Waals surface area (Å²) in [4.78, 5) is 0. The lowest BCUT2D eigenvalue weighted by molar-refractivity contribution is 0.151. The highest BCUT2D eigenvalue weighted by molar-refractivity contribution is 5.35. The van der Waals surface area contributed by atoms with Gasteiger partial charge in [-0.1, -0.05) is 18.7 Å². The van der Waals surface area contributed by atoms with Crippen LogP contribution in [0.5, 0.6) is 5.75 Å². The monoisotopic (exact) mass is 204 g/mol. The molecule has 1 aliphatic carbocycles. The van der Waals surface area contributed by atoms with Crippen molar-refractivity contribution in [3.63, 3.8) is 0 Å². The minimum absolute atomic E-state index is 0.530. The third kappa shape index (κ3) is 2.39. The number of hydrogen-bond acceptors (Lipinski definition) is 2. The number of ether oxygens (including phenoxy) is 1. The third-order valence-corrected chi connectivity index (χ3v) is 2.58. The van der Waals surface area contributed by atoms with Gasteiger partial charge < -0.3 is 9.84 Å². The Morgan fingerprint density at radius 3 is 2.87 bits per heavy atom. The van der Waals surface area contributed by atoms with E-state index in [0.717, 1.165) is 29.7 Å². The van der Waals surface area contributed by atoms with Crippen molar-refractivity contribution in [3.05, 3.63) is 42.0 Å². The third-order valence-electron chi connectivity index (χ3n) is 2.58. The fourth-order valence-electron chi connectivity index (χ4n) is 1.49. The van der Waals surface area contributed by atoms with Gasteiger partial charge in [-0.3, -0.25) is 0 Å². The molecule has 2 heteroatoms. The number of aliphatic hydroxyl groups is 1. The molecule has 0 amide bonds. The van der Waals surface area contributed by atoms with Crippen LogP contribution in [0.3, 0.4) is 0 Å². The van der Waals surface area contributed by atoms with E-state index < -0.39 is 5.60 Å². The van der Waals surface area contributed by atoms with Gasteiger partial charge in [-0.05, 0) is 43.0 Å². The van der Waals surface area contributed by atoms with Crippen molar-refractivity contribution in [2.45, 2.75) is 25.4 Å². The summed E-state index contributed by atoms with van der Waals surface area (Å²) in [7, 11) is 0. The summed E-state index contributed by atoms with van der Waals surface area (Å²) in [5.41, 5.74) is 1.37. The van der Waals surface area contributed by atoms with Crippen LogP contribution < -0.4 is 4.74 Å². The lowest BCUT2D eigenvalue weighted by Gasteiger charge is -2.11.